The maximum absolute atomic E-state index is 12.0. The third-order valence-electron chi connectivity index (χ3n) is 3.61. The van der Waals surface area contributed by atoms with Crippen LogP contribution in [0.1, 0.15) is 20.8 Å². The molecule has 1 aromatic carbocycles. The zero-order valence-electron chi connectivity index (χ0n) is 13.5. The van der Waals surface area contributed by atoms with Crippen molar-refractivity contribution in [1.82, 2.24) is 15.5 Å². The van der Waals surface area contributed by atoms with E-state index in [1.165, 1.54) is 0 Å². The normalized spacial score (nSPS) is 13.3. The zero-order valence-corrected chi connectivity index (χ0v) is 15.1. The zero-order chi connectivity index (χ0) is 17.7. The van der Waals surface area contributed by atoms with Gasteiger partial charge in [0.2, 0.25) is 11.8 Å². The second-order valence-corrected chi connectivity index (χ2v) is 7.05. The van der Waals surface area contributed by atoms with Crippen LogP contribution in [0.3, 0.4) is 0 Å². The minimum atomic E-state index is -0.902. The van der Waals surface area contributed by atoms with E-state index in [0.717, 1.165) is 17.3 Å². The fourth-order valence-electron chi connectivity index (χ4n) is 1.73. The number of hydrogen-bond donors (Lipinski definition) is 1. The van der Waals surface area contributed by atoms with Crippen LogP contribution in [0.25, 0.3) is 11.5 Å². The fraction of sp³-hybridized carbons (Fsp3) is 0.375. The van der Waals surface area contributed by atoms with Gasteiger partial charge in [0.1, 0.15) is 5.54 Å². The SMILES string of the molecule is CC(C)[C@](C)(C#N)NC(=O)CSc1nnc(-c2ccc(Cl)cc2)o1. The molecule has 1 aromatic heterocycles. The molecule has 0 aliphatic carbocycles. The van der Waals surface area contributed by atoms with Gasteiger partial charge >= 0.3 is 0 Å². The highest BCUT2D eigenvalue weighted by Crippen LogP contribution is 2.24. The van der Waals surface area contributed by atoms with E-state index < -0.39 is 5.54 Å². The summed E-state index contributed by atoms with van der Waals surface area (Å²) in [6.45, 7) is 5.46. The lowest BCUT2D eigenvalue weighted by molar-refractivity contribution is -0.120. The van der Waals surface area contributed by atoms with Crippen molar-refractivity contribution in [3.63, 3.8) is 0 Å². The molecule has 0 unspecified atom stereocenters. The molecule has 0 spiro atoms. The Labute approximate surface area is 149 Å². The molecule has 2 rings (SSSR count). The molecule has 1 N–H and O–H groups in total. The average Bonchev–Trinajstić information content (AvgIpc) is 3.02. The highest BCUT2D eigenvalue weighted by molar-refractivity contribution is 7.99. The van der Waals surface area contributed by atoms with Gasteiger partial charge in [-0.3, -0.25) is 4.79 Å². The summed E-state index contributed by atoms with van der Waals surface area (Å²) in [7, 11) is 0. The van der Waals surface area contributed by atoms with Gasteiger partial charge in [0.25, 0.3) is 5.22 Å². The van der Waals surface area contributed by atoms with Gasteiger partial charge in [-0.25, -0.2) is 0 Å². The number of carbonyl (C=O) groups is 1. The Morgan fingerprint density at radius 2 is 2.08 bits per heavy atom. The molecule has 0 aliphatic heterocycles. The maximum Gasteiger partial charge on any atom is 0.277 e. The topological polar surface area (TPSA) is 91.8 Å². The quantitative estimate of drug-likeness (QED) is 0.788. The van der Waals surface area contributed by atoms with Crippen molar-refractivity contribution in [3.05, 3.63) is 29.3 Å². The van der Waals surface area contributed by atoms with Crippen LogP contribution in [0, 0.1) is 17.2 Å². The molecule has 0 aliphatic rings. The predicted octanol–water partition coefficient (Wildman–Crippen LogP) is 3.54. The molecular weight excluding hydrogens is 348 g/mol. The summed E-state index contributed by atoms with van der Waals surface area (Å²) in [5, 5.41) is 20.7. The van der Waals surface area contributed by atoms with Crippen LogP contribution in [0.4, 0.5) is 0 Å². The lowest BCUT2D eigenvalue weighted by Gasteiger charge is -2.27. The Bertz CT molecular complexity index is 754. The van der Waals surface area contributed by atoms with Crippen LogP contribution in [0.2, 0.25) is 5.02 Å². The molecule has 6 nitrogen and oxygen atoms in total. The van der Waals surface area contributed by atoms with Crippen LogP contribution in [-0.4, -0.2) is 27.4 Å². The number of nitrogens with zero attached hydrogens (tertiary/aromatic N) is 3. The number of carbonyl (C=O) groups excluding carboxylic acids is 1. The number of aromatic nitrogens is 2. The fourth-order valence-corrected chi connectivity index (χ4v) is 2.42. The summed E-state index contributed by atoms with van der Waals surface area (Å²) in [6.07, 6.45) is 0. The summed E-state index contributed by atoms with van der Waals surface area (Å²) < 4.78 is 5.52. The van der Waals surface area contributed by atoms with Gasteiger partial charge in [0, 0.05) is 10.6 Å². The molecular formula is C16H17ClN4O2S. The van der Waals surface area contributed by atoms with Crippen molar-refractivity contribution < 1.29 is 9.21 Å². The maximum atomic E-state index is 12.0. The Hall–Kier alpha value is -2.04. The first-order chi connectivity index (χ1) is 11.3. The van der Waals surface area contributed by atoms with E-state index >= 15 is 0 Å². The Kier molecular flexibility index (Phi) is 5.86. The van der Waals surface area contributed by atoms with E-state index in [-0.39, 0.29) is 17.6 Å². The Morgan fingerprint density at radius 3 is 2.67 bits per heavy atom. The van der Waals surface area contributed by atoms with E-state index in [9.17, 15) is 10.1 Å². The monoisotopic (exact) mass is 364 g/mol. The molecule has 1 heterocycles. The summed E-state index contributed by atoms with van der Waals surface area (Å²) in [5.74, 6) is 0.186. The van der Waals surface area contributed by atoms with Crippen molar-refractivity contribution in [2.24, 2.45) is 5.92 Å². The van der Waals surface area contributed by atoms with Crippen LogP contribution in [-0.2, 0) is 4.79 Å². The third-order valence-corrected chi connectivity index (χ3v) is 4.68. The number of rotatable bonds is 6. The first-order valence-corrected chi connectivity index (χ1v) is 8.65. The summed E-state index contributed by atoms with van der Waals surface area (Å²) in [4.78, 5) is 12.0. The molecule has 0 saturated carbocycles. The van der Waals surface area contributed by atoms with E-state index in [1.807, 2.05) is 13.8 Å². The van der Waals surface area contributed by atoms with Gasteiger partial charge in [0.15, 0.2) is 0 Å². The van der Waals surface area contributed by atoms with E-state index in [2.05, 4.69) is 21.6 Å². The molecule has 0 fully saturated rings. The summed E-state index contributed by atoms with van der Waals surface area (Å²) in [6, 6.07) is 9.15. The average molecular weight is 365 g/mol. The van der Waals surface area contributed by atoms with Gasteiger partial charge < -0.3 is 9.73 Å². The number of benzene rings is 1. The largest absolute Gasteiger partial charge is 0.411 e. The second-order valence-electron chi connectivity index (χ2n) is 5.69. The van der Waals surface area contributed by atoms with Crippen LogP contribution in [0.5, 0.6) is 0 Å². The van der Waals surface area contributed by atoms with Crippen LogP contribution in [0.15, 0.2) is 33.9 Å². The molecule has 0 saturated heterocycles. The Morgan fingerprint density at radius 1 is 1.42 bits per heavy atom. The van der Waals surface area contributed by atoms with Crippen LogP contribution >= 0.6 is 23.4 Å². The smallest absolute Gasteiger partial charge is 0.277 e. The van der Waals surface area contributed by atoms with E-state index in [0.29, 0.717) is 16.1 Å². The number of thioether (sulfide) groups is 1. The summed E-state index contributed by atoms with van der Waals surface area (Å²) >= 11 is 6.96. The van der Waals surface area contributed by atoms with Gasteiger partial charge in [0.05, 0.1) is 11.8 Å². The standard InChI is InChI=1S/C16H17ClN4O2S/c1-10(2)16(3,9-18)19-13(22)8-24-15-21-20-14(23-15)11-4-6-12(17)7-5-11/h4-7,10H,8H2,1-3H3,(H,19,22)/t16-/m0/s1. The second kappa shape index (κ2) is 7.69. The van der Waals surface area contributed by atoms with Crippen molar-refractivity contribution in [3.8, 4) is 17.5 Å². The Balaban J connectivity index is 1.95. The van der Waals surface area contributed by atoms with E-state index in [4.69, 9.17) is 16.0 Å². The van der Waals surface area contributed by atoms with Gasteiger partial charge in [-0.2, -0.15) is 5.26 Å². The lowest BCUT2D eigenvalue weighted by atomic mass is 9.90. The van der Waals surface area contributed by atoms with Crippen molar-refractivity contribution >= 4 is 29.3 Å². The molecule has 0 radical (unpaired) electrons. The van der Waals surface area contributed by atoms with E-state index in [1.54, 1.807) is 31.2 Å². The third kappa shape index (κ3) is 4.49. The number of nitrogens with one attached hydrogen (secondary N) is 1. The van der Waals surface area contributed by atoms with Gasteiger partial charge in [-0.05, 0) is 37.1 Å². The molecule has 2 aromatic rings. The first kappa shape index (κ1) is 18.3. The molecule has 8 heteroatoms. The first-order valence-electron chi connectivity index (χ1n) is 7.28. The highest BCUT2D eigenvalue weighted by atomic mass is 35.5. The number of nitriles is 1. The van der Waals surface area contributed by atoms with Gasteiger partial charge in [-0.1, -0.05) is 37.2 Å². The molecule has 24 heavy (non-hydrogen) atoms. The van der Waals surface area contributed by atoms with Crippen molar-refractivity contribution in [2.45, 2.75) is 31.5 Å². The summed E-state index contributed by atoms with van der Waals surface area (Å²) in [5.41, 5.74) is -0.152. The predicted molar refractivity (Wildman–Crippen MR) is 92.5 cm³/mol. The van der Waals surface area contributed by atoms with Crippen molar-refractivity contribution in [2.75, 3.05) is 5.75 Å². The minimum Gasteiger partial charge on any atom is -0.411 e. The molecule has 1 amide bonds. The number of hydrogen-bond acceptors (Lipinski definition) is 6. The number of amides is 1. The highest BCUT2D eigenvalue weighted by Gasteiger charge is 2.30. The lowest BCUT2D eigenvalue weighted by Crippen LogP contribution is -2.49. The molecule has 1 atom stereocenters. The van der Waals surface area contributed by atoms with Gasteiger partial charge in [-0.15, -0.1) is 10.2 Å². The number of halogens is 1. The minimum absolute atomic E-state index is 0.00337. The van der Waals surface area contributed by atoms with Crippen LogP contribution < -0.4 is 5.32 Å². The molecule has 0 bridgehead atoms. The molecule has 126 valence electrons. The van der Waals surface area contributed by atoms with Crippen molar-refractivity contribution in [1.29, 1.82) is 5.26 Å².